The fourth-order valence-electron chi connectivity index (χ4n) is 2.01. The Bertz CT molecular complexity index is 656. The number of ether oxygens (including phenoxy) is 1. The third-order valence-corrected chi connectivity index (χ3v) is 3.20. The summed E-state index contributed by atoms with van der Waals surface area (Å²) in [5, 5.41) is 5.94. The lowest BCUT2D eigenvalue weighted by molar-refractivity contribution is 0.102. The number of carbonyl (C=O) groups excluding carboxylic acids is 1. The Morgan fingerprint density at radius 2 is 1.91 bits per heavy atom. The van der Waals surface area contributed by atoms with Gasteiger partial charge >= 0.3 is 0 Å². The number of aromatic nitrogens is 2. The maximum atomic E-state index is 12.3. The van der Waals surface area contributed by atoms with Crippen LogP contribution in [-0.2, 0) is 4.74 Å². The zero-order valence-corrected chi connectivity index (χ0v) is 13.7. The normalized spacial score (nSPS) is 10.4. The van der Waals surface area contributed by atoms with Gasteiger partial charge in [0.25, 0.3) is 5.91 Å². The molecule has 0 bridgehead atoms. The topological polar surface area (TPSA) is 76.1 Å². The molecule has 0 aliphatic heterocycles. The van der Waals surface area contributed by atoms with Crippen LogP contribution in [0.2, 0.25) is 0 Å². The Balaban J connectivity index is 2.04. The smallest absolute Gasteiger partial charge is 0.274 e. The van der Waals surface area contributed by atoms with Crippen LogP contribution in [0, 0.1) is 13.8 Å². The number of rotatable bonds is 7. The second-order valence-electron chi connectivity index (χ2n) is 5.31. The molecule has 1 heterocycles. The predicted molar refractivity (Wildman–Crippen MR) is 90.9 cm³/mol. The summed E-state index contributed by atoms with van der Waals surface area (Å²) >= 11 is 0. The van der Waals surface area contributed by atoms with E-state index >= 15 is 0 Å². The second-order valence-corrected chi connectivity index (χ2v) is 5.31. The van der Waals surface area contributed by atoms with Gasteiger partial charge in [0.15, 0.2) is 0 Å². The largest absolute Gasteiger partial charge is 0.385 e. The molecule has 6 heteroatoms. The lowest BCUT2D eigenvalue weighted by atomic mass is 10.2. The summed E-state index contributed by atoms with van der Waals surface area (Å²) in [7, 11) is 1.66. The maximum absolute atomic E-state index is 12.3. The molecule has 2 aromatic rings. The number of anilines is 2. The minimum atomic E-state index is -0.251. The Kier molecular flexibility index (Phi) is 6.05. The molecule has 2 rings (SSSR count). The van der Waals surface area contributed by atoms with E-state index in [1.165, 1.54) is 0 Å². The average Bonchev–Trinajstić information content (AvgIpc) is 2.53. The van der Waals surface area contributed by atoms with Gasteiger partial charge in [0.05, 0.1) is 0 Å². The van der Waals surface area contributed by atoms with Gasteiger partial charge in [0.1, 0.15) is 5.69 Å². The monoisotopic (exact) mass is 314 g/mol. The fourth-order valence-corrected chi connectivity index (χ4v) is 2.01. The van der Waals surface area contributed by atoms with Crippen molar-refractivity contribution >= 4 is 17.5 Å². The van der Waals surface area contributed by atoms with Crippen molar-refractivity contribution in [1.29, 1.82) is 0 Å². The third kappa shape index (κ3) is 5.34. The quantitative estimate of drug-likeness (QED) is 0.769. The number of nitrogens with zero attached hydrogens (tertiary/aromatic N) is 2. The first-order valence-electron chi connectivity index (χ1n) is 7.55. The Hall–Kier alpha value is -2.47. The van der Waals surface area contributed by atoms with E-state index in [0.29, 0.717) is 24.8 Å². The average molecular weight is 314 g/mol. The van der Waals surface area contributed by atoms with Gasteiger partial charge in [-0.1, -0.05) is 17.7 Å². The Morgan fingerprint density at radius 3 is 2.61 bits per heavy atom. The molecular formula is C17H22N4O2. The first-order chi connectivity index (χ1) is 11.1. The molecule has 0 fully saturated rings. The highest BCUT2D eigenvalue weighted by molar-refractivity contribution is 6.03. The molecule has 6 nitrogen and oxygen atoms in total. The van der Waals surface area contributed by atoms with Crippen LogP contribution >= 0.6 is 0 Å². The summed E-state index contributed by atoms with van der Waals surface area (Å²) < 4.78 is 5.00. The molecule has 0 spiro atoms. The molecule has 23 heavy (non-hydrogen) atoms. The second kappa shape index (κ2) is 8.24. The molecule has 0 saturated heterocycles. The van der Waals surface area contributed by atoms with Crippen molar-refractivity contribution in [2.24, 2.45) is 0 Å². The van der Waals surface area contributed by atoms with Crippen molar-refractivity contribution in [3.63, 3.8) is 0 Å². The van der Waals surface area contributed by atoms with E-state index in [1.807, 2.05) is 38.1 Å². The van der Waals surface area contributed by atoms with Crippen LogP contribution in [0.5, 0.6) is 0 Å². The van der Waals surface area contributed by atoms with Crippen LogP contribution < -0.4 is 10.6 Å². The molecule has 0 atom stereocenters. The molecule has 0 radical (unpaired) electrons. The summed E-state index contributed by atoms with van der Waals surface area (Å²) in [6, 6.07) is 9.30. The van der Waals surface area contributed by atoms with Crippen LogP contribution in [0.1, 0.15) is 28.2 Å². The number of carbonyl (C=O) groups is 1. The number of aryl methyl sites for hydroxylation is 2. The van der Waals surface area contributed by atoms with Gasteiger partial charge in [-0.25, -0.2) is 9.97 Å². The lowest BCUT2D eigenvalue weighted by Gasteiger charge is -2.09. The van der Waals surface area contributed by atoms with Crippen LogP contribution in [0.15, 0.2) is 30.3 Å². The molecule has 0 unspecified atom stereocenters. The van der Waals surface area contributed by atoms with Crippen molar-refractivity contribution in [2.75, 3.05) is 30.9 Å². The van der Waals surface area contributed by atoms with E-state index in [1.54, 1.807) is 13.2 Å². The van der Waals surface area contributed by atoms with E-state index in [9.17, 15) is 4.79 Å². The Labute approximate surface area is 136 Å². The molecule has 1 aromatic heterocycles. The summed E-state index contributed by atoms with van der Waals surface area (Å²) in [5.41, 5.74) is 2.96. The number of hydrogen-bond acceptors (Lipinski definition) is 5. The standard InChI is InChI=1S/C17H22N4O2/c1-12-5-7-14(8-6-12)20-16(22)15-11-13(2)19-17(21-15)18-9-4-10-23-3/h5-8,11H,4,9-10H2,1-3H3,(H,20,22)(H,18,19,21). The minimum Gasteiger partial charge on any atom is -0.385 e. The van der Waals surface area contributed by atoms with Crippen molar-refractivity contribution < 1.29 is 9.53 Å². The zero-order valence-electron chi connectivity index (χ0n) is 13.7. The van der Waals surface area contributed by atoms with Gasteiger partial charge in [0, 0.05) is 31.6 Å². The van der Waals surface area contributed by atoms with Gasteiger partial charge in [-0.3, -0.25) is 4.79 Å². The predicted octanol–water partition coefficient (Wildman–Crippen LogP) is 2.79. The van der Waals surface area contributed by atoms with Gasteiger partial charge in [-0.2, -0.15) is 0 Å². The fraction of sp³-hybridized carbons (Fsp3) is 0.353. The number of hydrogen-bond donors (Lipinski definition) is 2. The maximum Gasteiger partial charge on any atom is 0.274 e. The van der Waals surface area contributed by atoms with E-state index < -0.39 is 0 Å². The van der Waals surface area contributed by atoms with Crippen molar-refractivity contribution in [3.8, 4) is 0 Å². The SMILES string of the molecule is COCCCNc1nc(C)cc(C(=O)Nc2ccc(C)cc2)n1. The summed E-state index contributed by atoms with van der Waals surface area (Å²) in [5.74, 6) is 0.203. The van der Waals surface area contributed by atoms with Crippen LogP contribution in [-0.4, -0.2) is 36.1 Å². The molecule has 0 aliphatic carbocycles. The van der Waals surface area contributed by atoms with Gasteiger partial charge < -0.3 is 15.4 Å². The number of methoxy groups -OCH3 is 1. The van der Waals surface area contributed by atoms with Crippen LogP contribution in [0.4, 0.5) is 11.6 Å². The van der Waals surface area contributed by atoms with E-state index in [2.05, 4.69) is 20.6 Å². The lowest BCUT2D eigenvalue weighted by Crippen LogP contribution is -2.16. The minimum absolute atomic E-state index is 0.251. The van der Waals surface area contributed by atoms with Gasteiger partial charge in [0.2, 0.25) is 5.95 Å². The van der Waals surface area contributed by atoms with Crippen molar-refractivity contribution in [1.82, 2.24) is 9.97 Å². The van der Waals surface area contributed by atoms with Crippen molar-refractivity contribution in [2.45, 2.75) is 20.3 Å². The van der Waals surface area contributed by atoms with E-state index in [4.69, 9.17) is 4.74 Å². The zero-order chi connectivity index (χ0) is 16.7. The number of nitrogens with one attached hydrogen (secondary N) is 2. The molecule has 0 saturated carbocycles. The highest BCUT2D eigenvalue weighted by Gasteiger charge is 2.11. The Morgan fingerprint density at radius 1 is 1.17 bits per heavy atom. The summed E-state index contributed by atoms with van der Waals surface area (Å²) in [4.78, 5) is 20.9. The van der Waals surface area contributed by atoms with Crippen molar-refractivity contribution in [3.05, 3.63) is 47.3 Å². The van der Waals surface area contributed by atoms with Gasteiger partial charge in [-0.05, 0) is 38.5 Å². The van der Waals surface area contributed by atoms with Gasteiger partial charge in [-0.15, -0.1) is 0 Å². The molecule has 0 aliphatic rings. The summed E-state index contributed by atoms with van der Waals surface area (Å²) in [6.07, 6.45) is 0.846. The first kappa shape index (κ1) is 16.9. The highest BCUT2D eigenvalue weighted by Crippen LogP contribution is 2.11. The number of amides is 1. The molecule has 2 N–H and O–H groups in total. The summed E-state index contributed by atoms with van der Waals surface area (Å²) in [6.45, 7) is 5.20. The number of benzene rings is 1. The third-order valence-electron chi connectivity index (χ3n) is 3.20. The highest BCUT2D eigenvalue weighted by atomic mass is 16.5. The molecule has 1 amide bonds. The molecule has 122 valence electrons. The van der Waals surface area contributed by atoms with E-state index in [-0.39, 0.29) is 5.91 Å². The van der Waals surface area contributed by atoms with E-state index in [0.717, 1.165) is 23.4 Å². The molecular weight excluding hydrogens is 292 g/mol. The first-order valence-corrected chi connectivity index (χ1v) is 7.55. The molecule has 1 aromatic carbocycles. The van der Waals surface area contributed by atoms with Crippen LogP contribution in [0.25, 0.3) is 0 Å². The van der Waals surface area contributed by atoms with Crippen LogP contribution in [0.3, 0.4) is 0 Å².